The zero-order valence-corrected chi connectivity index (χ0v) is 9.77. The summed E-state index contributed by atoms with van der Waals surface area (Å²) < 4.78 is 32.4. The van der Waals surface area contributed by atoms with Crippen molar-refractivity contribution in [3.63, 3.8) is 0 Å². The molecule has 0 bridgehead atoms. The molecule has 0 saturated carbocycles. The van der Waals surface area contributed by atoms with Gasteiger partial charge in [0.2, 0.25) is 0 Å². The maximum Gasteiger partial charge on any atom is 0.491 e. The Bertz CT molecular complexity index is 425. The summed E-state index contributed by atoms with van der Waals surface area (Å²) in [5.74, 6) is -1.44. The molecule has 7 heteroatoms. The van der Waals surface area contributed by atoms with Crippen molar-refractivity contribution in [2.45, 2.75) is 6.54 Å². The standard InChI is InChI=1S/C11H14BF2NO3/c13-10-6-9(12(16)17)11(14)5-8(10)7-15-1-3-18-4-2-15/h5-6,16-17H,1-4,7H2. The van der Waals surface area contributed by atoms with Crippen LogP contribution in [0.25, 0.3) is 0 Å². The van der Waals surface area contributed by atoms with Crippen LogP contribution in [0, 0.1) is 11.6 Å². The predicted molar refractivity (Wildman–Crippen MR) is 62.3 cm³/mol. The highest BCUT2D eigenvalue weighted by atomic mass is 19.1. The quantitative estimate of drug-likeness (QED) is 0.715. The van der Waals surface area contributed by atoms with E-state index in [4.69, 9.17) is 14.8 Å². The fourth-order valence-corrected chi connectivity index (χ4v) is 1.92. The van der Waals surface area contributed by atoms with E-state index in [0.29, 0.717) is 26.3 Å². The largest absolute Gasteiger partial charge is 0.491 e. The van der Waals surface area contributed by atoms with Crippen LogP contribution in [0.1, 0.15) is 5.56 Å². The molecule has 1 fully saturated rings. The van der Waals surface area contributed by atoms with Crippen LogP contribution in [0.15, 0.2) is 12.1 Å². The number of hydrogen-bond donors (Lipinski definition) is 2. The maximum atomic E-state index is 13.7. The number of benzene rings is 1. The molecule has 0 atom stereocenters. The Balaban J connectivity index is 2.15. The average Bonchev–Trinajstić information content (AvgIpc) is 2.34. The van der Waals surface area contributed by atoms with E-state index in [-0.39, 0.29) is 12.1 Å². The van der Waals surface area contributed by atoms with Crippen molar-refractivity contribution in [2.24, 2.45) is 0 Å². The molecule has 0 aliphatic carbocycles. The van der Waals surface area contributed by atoms with Gasteiger partial charge in [0, 0.05) is 30.7 Å². The van der Waals surface area contributed by atoms with Crippen LogP contribution in [0.3, 0.4) is 0 Å². The smallest absolute Gasteiger partial charge is 0.423 e. The van der Waals surface area contributed by atoms with Gasteiger partial charge in [0.25, 0.3) is 0 Å². The van der Waals surface area contributed by atoms with Crippen LogP contribution in [0.5, 0.6) is 0 Å². The van der Waals surface area contributed by atoms with Crippen molar-refractivity contribution in [3.05, 3.63) is 29.3 Å². The highest BCUT2D eigenvalue weighted by molar-refractivity contribution is 6.58. The molecule has 1 aromatic carbocycles. The van der Waals surface area contributed by atoms with Crippen LogP contribution < -0.4 is 5.46 Å². The Morgan fingerprint density at radius 2 is 1.83 bits per heavy atom. The number of halogens is 2. The number of ether oxygens (including phenoxy) is 1. The molecule has 0 radical (unpaired) electrons. The monoisotopic (exact) mass is 257 g/mol. The second-order valence-corrected chi connectivity index (χ2v) is 4.23. The van der Waals surface area contributed by atoms with E-state index in [1.807, 2.05) is 4.90 Å². The number of nitrogens with zero attached hydrogens (tertiary/aromatic N) is 1. The molecule has 0 spiro atoms. The molecular weight excluding hydrogens is 243 g/mol. The Labute approximate surface area is 104 Å². The van der Waals surface area contributed by atoms with Crippen LogP contribution in [-0.4, -0.2) is 48.4 Å². The molecule has 1 heterocycles. The summed E-state index contributed by atoms with van der Waals surface area (Å²) in [4.78, 5) is 1.95. The summed E-state index contributed by atoms with van der Waals surface area (Å²) in [7, 11) is -2.00. The number of hydrogen-bond acceptors (Lipinski definition) is 4. The second-order valence-electron chi connectivity index (χ2n) is 4.23. The zero-order chi connectivity index (χ0) is 13.1. The molecule has 4 nitrogen and oxygen atoms in total. The van der Waals surface area contributed by atoms with Gasteiger partial charge >= 0.3 is 7.12 Å². The zero-order valence-electron chi connectivity index (χ0n) is 9.77. The first-order valence-electron chi connectivity index (χ1n) is 5.72. The first-order valence-corrected chi connectivity index (χ1v) is 5.72. The molecule has 1 saturated heterocycles. The first-order chi connectivity index (χ1) is 8.58. The van der Waals surface area contributed by atoms with Gasteiger partial charge in [-0.05, 0) is 12.1 Å². The summed E-state index contributed by atoms with van der Waals surface area (Å²) in [6.45, 7) is 2.79. The third kappa shape index (κ3) is 3.05. The highest BCUT2D eigenvalue weighted by Crippen LogP contribution is 2.12. The van der Waals surface area contributed by atoms with Crippen molar-refractivity contribution < 1.29 is 23.6 Å². The van der Waals surface area contributed by atoms with Crippen LogP contribution in [0.4, 0.5) is 8.78 Å². The highest BCUT2D eigenvalue weighted by Gasteiger charge is 2.21. The normalized spacial score (nSPS) is 16.9. The first kappa shape index (κ1) is 13.4. The Kier molecular flexibility index (Phi) is 4.29. The lowest BCUT2D eigenvalue weighted by Crippen LogP contribution is -2.37. The molecule has 1 aromatic rings. The number of morpholine rings is 1. The fraction of sp³-hybridized carbons (Fsp3) is 0.455. The van der Waals surface area contributed by atoms with Gasteiger partial charge in [-0.1, -0.05) is 0 Å². The lowest BCUT2D eigenvalue weighted by molar-refractivity contribution is 0.0337. The third-order valence-corrected chi connectivity index (χ3v) is 2.94. The summed E-state index contributed by atoms with van der Waals surface area (Å²) in [5, 5.41) is 17.7. The van der Waals surface area contributed by atoms with Crippen molar-refractivity contribution in [3.8, 4) is 0 Å². The van der Waals surface area contributed by atoms with Crippen molar-refractivity contribution in [1.82, 2.24) is 4.90 Å². The predicted octanol–water partition coefficient (Wildman–Crippen LogP) is -0.523. The van der Waals surface area contributed by atoms with Gasteiger partial charge in [0.05, 0.1) is 13.2 Å². The lowest BCUT2D eigenvalue weighted by atomic mass is 9.79. The maximum absolute atomic E-state index is 13.7. The number of rotatable bonds is 3. The second kappa shape index (κ2) is 5.75. The minimum absolute atomic E-state index is 0.207. The molecule has 2 rings (SSSR count). The summed E-state index contributed by atoms with van der Waals surface area (Å²) in [6, 6.07) is 1.84. The third-order valence-electron chi connectivity index (χ3n) is 2.94. The van der Waals surface area contributed by atoms with Crippen molar-refractivity contribution >= 4 is 12.6 Å². The van der Waals surface area contributed by atoms with E-state index < -0.39 is 24.2 Å². The van der Waals surface area contributed by atoms with Crippen LogP contribution >= 0.6 is 0 Å². The van der Waals surface area contributed by atoms with E-state index in [2.05, 4.69) is 0 Å². The van der Waals surface area contributed by atoms with Gasteiger partial charge in [-0.25, -0.2) is 8.78 Å². The molecule has 0 aromatic heterocycles. The van der Waals surface area contributed by atoms with Crippen LogP contribution in [0.2, 0.25) is 0 Å². The van der Waals surface area contributed by atoms with Crippen molar-refractivity contribution in [2.75, 3.05) is 26.3 Å². The van der Waals surface area contributed by atoms with Gasteiger partial charge < -0.3 is 14.8 Å². The van der Waals surface area contributed by atoms with E-state index in [0.717, 1.165) is 12.1 Å². The SMILES string of the molecule is OB(O)c1cc(F)c(CN2CCOCC2)cc1F. The van der Waals surface area contributed by atoms with E-state index in [1.54, 1.807) is 0 Å². The molecule has 0 unspecified atom stereocenters. The Hall–Kier alpha value is -1.02. The molecule has 98 valence electrons. The molecule has 18 heavy (non-hydrogen) atoms. The topological polar surface area (TPSA) is 52.9 Å². The van der Waals surface area contributed by atoms with E-state index in [9.17, 15) is 8.78 Å². The Morgan fingerprint density at radius 1 is 1.17 bits per heavy atom. The van der Waals surface area contributed by atoms with Crippen LogP contribution in [-0.2, 0) is 11.3 Å². The fourth-order valence-electron chi connectivity index (χ4n) is 1.92. The lowest BCUT2D eigenvalue weighted by Gasteiger charge is -2.26. The van der Waals surface area contributed by atoms with Gasteiger partial charge in [0.1, 0.15) is 11.6 Å². The van der Waals surface area contributed by atoms with E-state index in [1.165, 1.54) is 0 Å². The van der Waals surface area contributed by atoms with Gasteiger partial charge in [0.15, 0.2) is 0 Å². The minimum Gasteiger partial charge on any atom is -0.423 e. The molecule has 1 aliphatic rings. The van der Waals surface area contributed by atoms with Gasteiger partial charge in [-0.2, -0.15) is 0 Å². The summed E-state index contributed by atoms with van der Waals surface area (Å²) >= 11 is 0. The van der Waals surface area contributed by atoms with Gasteiger partial charge in [-0.15, -0.1) is 0 Å². The van der Waals surface area contributed by atoms with Gasteiger partial charge in [-0.3, -0.25) is 4.90 Å². The summed E-state index contributed by atoms with van der Waals surface area (Å²) in [5.41, 5.74) is -0.239. The minimum atomic E-state index is -2.00. The Morgan fingerprint density at radius 3 is 2.44 bits per heavy atom. The molecule has 1 aliphatic heterocycles. The summed E-state index contributed by atoms with van der Waals surface area (Å²) in [6.07, 6.45) is 0. The average molecular weight is 257 g/mol. The van der Waals surface area contributed by atoms with E-state index >= 15 is 0 Å². The molecule has 2 N–H and O–H groups in total. The van der Waals surface area contributed by atoms with Crippen molar-refractivity contribution in [1.29, 1.82) is 0 Å². The molecule has 0 amide bonds. The molecular formula is C11H14BF2NO3.